The van der Waals surface area contributed by atoms with E-state index in [0.717, 1.165) is 32.4 Å². The van der Waals surface area contributed by atoms with E-state index in [-0.39, 0.29) is 11.6 Å². The molecule has 0 aromatic heterocycles. The Morgan fingerprint density at radius 1 is 1.11 bits per heavy atom. The molecule has 1 N–H and O–H groups in total. The maximum absolute atomic E-state index is 13.7. The highest BCUT2D eigenvalue weighted by Crippen LogP contribution is 2.18. The Morgan fingerprint density at radius 3 is 2.53 bits per heavy atom. The second kappa shape index (κ2) is 8.26. The van der Waals surface area contributed by atoms with Crippen molar-refractivity contribution in [1.82, 2.24) is 5.32 Å². The fourth-order valence-electron chi connectivity index (χ4n) is 2.08. The van der Waals surface area contributed by atoms with Crippen LogP contribution < -0.4 is 5.32 Å². The van der Waals surface area contributed by atoms with Gasteiger partial charge >= 0.3 is 0 Å². The SMILES string of the molecule is CCCNCCC(C)CCc1cc(F)c(C)cc1F. The number of hydrogen-bond donors (Lipinski definition) is 1. The molecule has 1 atom stereocenters. The van der Waals surface area contributed by atoms with E-state index in [4.69, 9.17) is 0 Å². The predicted molar refractivity (Wildman–Crippen MR) is 76.4 cm³/mol. The summed E-state index contributed by atoms with van der Waals surface area (Å²) in [6, 6.07) is 2.63. The van der Waals surface area contributed by atoms with Crippen molar-refractivity contribution < 1.29 is 8.78 Å². The van der Waals surface area contributed by atoms with E-state index in [1.54, 1.807) is 6.92 Å². The topological polar surface area (TPSA) is 12.0 Å². The molecule has 0 aliphatic rings. The molecule has 1 unspecified atom stereocenters. The summed E-state index contributed by atoms with van der Waals surface area (Å²) in [6.07, 6.45) is 3.73. The second-order valence-corrected chi connectivity index (χ2v) is 5.38. The molecule has 0 aliphatic carbocycles. The second-order valence-electron chi connectivity index (χ2n) is 5.38. The highest BCUT2D eigenvalue weighted by Gasteiger charge is 2.09. The fourth-order valence-corrected chi connectivity index (χ4v) is 2.08. The zero-order valence-electron chi connectivity index (χ0n) is 12.2. The van der Waals surface area contributed by atoms with Crippen molar-refractivity contribution >= 4 is 0 Å². The molecule has 0 saturated carbocycles. The highest BCUT2D eigenvalue weighted by atomic mass is 19.1. The first-order valence-electron chi connectivity index (χ1n) is 7.19. The molecule has 0 aliphatic heterocycles. The van der Waals surface area contributed by atoms with Gasteiger partial charge in [-0.1, -0.05) is 13.8 Å². The average Bonchev–Trinajstić information content (AvgIpc) is 2.37. The van der Waals surface area contributed by atoms with Gasteiger partial charge in [0.2, 0.25) is 0 Å². The Kier molecular flexibility index (Phi) is 7.00. The summed E-state index contributed by atoms with van der Waals surface area (Å²) in [5, 5.41) is 3.36. The summed E-state index contributed by atoms with van der Waals surface area (Å²) in [6.45, 7) is 7.94. The lowest BCUT2D eigenvalue weighted by Gasteiger charge is -2.12. The van der Waals surface area contributed by atoms with Crippen LogP contribution in [0.3, 0.4) is 0 Å². The van der Waals surface area contributed by atoms with Crippen molar-refractivity contribution in [1.29, 1.82) is 0 Å². The lowest BCUT2D eigenvalue weighted by Crippen LogP contribution is -2.18. The Labute approximate surface area is 115 Å². The van der Waals surface area contributed by atoms with Crippen LogP contribution in [0.25, 0.3) is 0 Å². The molecule has 0 fully saturated rings. The summed E-state index contributed by atoms with van der Waals surface area (Å²) >= 11 is 0. The van der Waals surface area contributed by atoms with Gasteiger partial charge in [-0.3, -0.25) is 0 Å². The van der Waals surface area contributed by atoms with Gasteiger partial charge < -0.3 is 5.32 Å². The number of hydrogen-bond acceptors (Lipinski definition) is 1. The van der Waals surface area contributed by atoms with Crippen molar-refractivity contribution in [2.45, 2.75) is 46.5 Å². The van der Waals surface area contributed by atoms with E-state index in [2.05, 4.69) is 19.2 Å². The summed E-state index contributed by atoms with van der Waals surface area (Å²) in [5.41, 5.74) is 0.870. The molecule has 1 aromatic carbocycles. The first-order chi connectivity index (χ1) is 9.04. The quantitative estimate of drug-likeness (QED) is 0.696. The first kappa shape index (κ1) is 16.1. The highest BCUT2D eigenvalue weighted by molar-refractivity contribution is 5.25. The molecule has 0 amide bonds. The maximum atomic E-state index is 13.7. The minimum atomic E-state index is -0.311. The minimum Gasteiger partial charge on any atom is -0.317 e. The maximum Gasteiger partial charge on any atom is 0.126 e. The molecular weight excluding hydrogens is 244 g/mol. The normalized spacial score (nSPS) is 12.7. The Morgan fingerprint density at radius 2 is 1.84 bits per heavy atom. The zero-order valence-corrected chi connectivity index (χ0v) is 12.2. The summed E-state index contributed by atoms with van der Waals surface area (Å²) < 4.78 is 27.0. The molecule has 0 saturated heterocycles. The third-order valence-electron chi connectivity index (χ3n) is 3.47. The van der Waals surface area contributed by atoms with E-state index >= 15 is 0 Å². The van der Waals surface area contributed by atoms with Gasteiger partial charge in [-0.15, -0.1) is 0 Å². The van der Waals surface area contributed by atoms with Crippen LogP contribution in [0, 0.1) is 24.5 Å². The van der Waals surface area contributed by atoms with Crippen LogP contribution in [0.2, 0.25) is 0 Å². The smallest absolute Gasteiger partial charge is 0.126 e. The van der Waals surface area contributed by atoms with E-state index < -0.39 is 0 Å². The number of benzene rings is 1. The van der Waals surface area contributed by atoms with E-state index in [0.29, 0.717) is 23.5 Å². The zero-order chi connectivity index (χ0) is 14.3. The van der Waals surface area contributed by atoms with Crippen molar-refractivity contribution in [2.24, 2.45) is 5.92 Å². The Hall–Kier alpha value is -0.960. The van der Waals surface area contributed by atoms with Crippen LogP contribution in [0.5, 0.6) is 0 Å². The summed E-state index contributed by atoms with van der Waals surface area (Å²) in [7, 11) is 0. The molecule has 108 valence electrons. The summed E-state index contributed by atoms with van der Waals surface area (Å²) in [4.78, 5) is 0. The van der Waals surface area contributed by atoms with Gasteiger partial charge in [0, 0.05) is 0 Å². The lowest BCUT2D eigenvalue weighted by molar-refractivity contribution is 0.464. The van der Waals surface area contributed by atoms with Crippen molar-refractivity contribution in [2.75, 3.05) is 13.1 Å². The first-order valence-corrected chi connectivity index (χ1v) is 7.19. The van der Waals surface area contributed by atoms with Gasteiger partial charge in [-0.25, -0.2) is 8.78 Å². The van der Waals surface area contributed by atoms with Crippen molar-refractivity contribution in [3.8, 4) is 0 Å². The minimum absolute atomic E-state index is 0.282. The lowest BCUT2D eigenvalue weighted by atomic mass is 9.97. The Balaban J connectivity index is 2.37. The van der Waals surface area contributed by atoms with Crippen LogP contribution in [0.15, 0.2) is 12.1 Å². The molecule has 1 aromatic rings. The Bertz CT molecular complexity index is 391. The monoisotopic (exact) mass is 269 g/mol. The van der Waals surface area contributed by atoms with E-state index in [1.165, 1.54) is 12.1 Å². The number of nitrogens with one attached hydrogen (secondary N) is 1. The van der Waals surface area contributed by atoms with Crippen molar-refractivity contribution in [3.05, 3.63) is 34.9 Å². The van der Waals surface area contributed by atoms with Crippen LogP contribution in [0.1, 0.15) is 44.2 Å². The van der Waals surface area contributed by atoms with Gasteiger partial charge in [0.1, 0.15) is 11.6 Å². The van der Waals surface area contributed by atoms with Gasteiger partial charge in [0.15, 0.2) is 0 Å². The third kappa shape index (κ3) is 5.68. The van der Waals surface area contributed by atoms with E-state index in [9.17, 15) is 8.78 Å². The van der Waals surface area contributed by atoms with Gasteiger partial charge in [-0.05, 0) is 74.9 Å². The molecule has 0 radical (unpaired) electrons. The van der Waals surface area contributed by atoms with Crippen LogP contribution in [-0.4, -0.2) is 13.1 Å². The molecule has 3 heteroatoms. The van der Waals surface area contributed by atoms with Crippen LogP contribution in [-0.2, 0) is 6.42 Å². The molecule has 0 heterocycles. The molecule has 1 nitrogen and oxygen atoms in total. The molecular formula is C16H25F2N. The molecule has 0 bridgehead atoms. The van der Waals surface area contributed by atoms with Crippen molar-refractivity contribution in [3.63, 3.8) is 0 Å². The van der Waals surface area contributed by atoms with Gasteiger partial charge in [-0.2, -0.15) is 0 Å². The van der Waals surface area contributed by atoms with Crippen LogP contribution in [0.4, 0.5) is 8.78 Å². The van der Waals surface area contributed by atoms with E-state index in [1.807, 2.05) is 0 Å². The predicted octanol–water partition coefficient (Wildman–Crippen LogP) is 4.23. The largest absolute Gasteiger partial charge is 0.317 e. The van der Waals surface area contributed by atoms with Gasteiger partial charge in [0.25, 0.3) is 0 Å². The van der Waals surface area contributed by atoms with Gasteiger partial charge in [0.05, 0.1) is 0 Å². The molecule has 1 rings (SSSR count). The number of rotatable bonds is 8. The average molecular weight is 269 g/mol. The molecule has 19 heavy (non-hydrogen) atoms. The standard InChI is InChI=1S/C16H25F2N/c1-4-8-19-9-7-12(2)5-6-14-11-15(17)13(3)10-16(14)18/h10-12,19H,4-9H2,1-3H3. The third-order valence-corrected chi connectivity index (χ3v) is 3.47. The molecule has 0 spiro atoms. The number of halogens is 2. The summed E-state index contributed by atoms with van der Waals surface area (Å²) in [5.74, 6) is -0.0722. The fraction of sp³-hybridized carbons (Fsp3) is 0.625. The van der Waals surface area contributed by atoms with Crippen LogP contribution >= 0.6 is 0 Å². The number of aryl methyl sites for hydroxylation is 2.